The van der Waals surface area contributed by atoms with E-state index in [0.29, 0.717) is 5.56 Å². The molecule has 2 aromatic heterocycles. The zero-order valence-corrected chi connectivity index (χ0v) is 18.1. The number of nitrogens with one attached hydrogen (secondary N) is 1. The molecule has 31 heavy (non-hydrogen) atoms. The van der Waals surface area contributed by atoms with Gasteiger partial charge in [0, 0.05) is 23.3 Å². The average Bonchev–Trinajstić information content (AvgIpc) is 2.81. The minimum atomic E-state index is -0.157. The first-order chi connectivity index (χ1) is 15.0. The molecular weight excluding hydrogens is 386 g/mol. The van der Waals surface area contributed by atoms with Gasteiger partial charge in [0.25, 0.3) is 5.91 Å². The molecule has 0 bridgehead atoms. The number of aryl methyl sites for hydroxylation is 2. The molecule has 5 heteroatoms. The molecule has 4 aromatic rings. The molecule has 1 amide bonds. The van der Waals surface area contributed by atoms with E-state index in [2.05, 4.69) is 17.2 Å². The summed E-state index contributed by atoms with van der Waals surface area (Å²) in [5, 5.41) is 3.97. The van der Waals surface area contributed by atoms with E-state index >= 15 is 0 Å². The van der Waals surface area contributed by atoms with E-state index in [-0.39, 0.29) is 11.9 Å². The van der Waals surface area contributed by atoms with Gasteiger partial charge in [-0.3, -0.25) is 9.78 Å². The van der Waals surface area contributed by atoms with Gasteiger partial charge in [-0.1, -0.05) is 24.3 Å². The Kier molecular flexibility index (Phi) is 5.67. The van der Waals surface area contributed by atoms with E-state index in [9.17, 15) is 4.79 Å². The number of carbonyl (C=O) groups excluding carboxylic acids is 1. The molecule has 0 saturated carbocycles. The quantitative estimate of drug-likeness (QED) is 0.477. The maximum Gasteiger partial charge on any atom is 0.252 e. The van der Waals surface area contributed by atoms with Crippen LogP contribution in [0.5, 0.6) is 5.75 Å². The third-order valence-electron chi connectivity index (χ3n) is 5.67. The lowest BCUT2D eigenvalue weighted by Gasteiger charge is -2.17. The van der Waals surface area contributed by atoms with Gasteiger partial charge in [-0.25, -0.2) is 4.98 Å². The van der Waals surface area contributed by atoms with Crippen LogP contribution in [0.4, 0.5) is 0 Å². The van der Waals surface area contributed by atoms with Gasteiger partial charge in [-0.05, 0) is 67.8 Å². The number of rotatable bonds is 5. The lowest BCUT2D eigenvalue weighted by atomic mass is 9.98. The molecule has 1 N–H and O–H groups in total. The summed E-state index contributed by atoms with van der Waals surface area (Å²) in [5.74, 6) is 0.651. The Bertz CT molecular complexity index is 1240. The summed E-state index contributed by atoms with van der Waals surface area (Å²) in [4.78, 5) is 22.4. The molecule has 0 unspecified atom stereocenters. The molecule has 0 aliphatic rings. The van der Waals surface area contributed by atoms with Crippen molar-refractivity contribution >= 4 is 16.8 Å². The third kappa shape index (κ3) is 4.12. The first kappa shape index (κ1) is 20.5. The van der Waals surface area contributed by atoms with E-state index < -0.39 is 0 Å². The van der Waals surface area contributed by atoms with Gasteiger partial charge in [0.1, 0.15) is 5.75 Å². The van der Waals surface area contributed by atoms with E-state index in [1.165, 1.54) is 0 Å². The lowest BCUT2D eigenvalue weighted by molar-refractivity contribution is 0.0941. The summed E-state index contributed by atoms with van der Waals surface area (Å²) < 4.78 is 5.22. The largest absolute Gasteiger partial charge is 0.497 e. The Morgan fingerprint density at radius 3 is 2.52 bits per heavy atom. The van der Waals surface area contributed by atoms with Crippen LogP contribution >= 0.6 is 0 Å². The van der Waals surface area contributed by atoms with Crippen LogP contribution in [0, 0.1) is 13.8 Å². The number of benzene rings is 2. The van der Waals surface area contributed by atoms with Crippen molar-refractivity contribution < 1.29 is 9.53 Å². The molecule has 0 aliphatic heterocycles. The minimum absolute atomic E-state index is 0.135. The molecule has 0 fully saturated rings. The van der Waals surface area contributed by atoms with Crippen molar-refractivity contribution in [1.29, 1.82) is 0 Å². The van der Waals surface area contributed by atoms with Crippen LogP contribution in [0.3, 0.4) is 0 Å². The zero-order valence-electron chi connectivity index (χ0n) is 18.1. The van der Waals surface area contributed by atoms with Crippen LogP contribution in [0.15, 0.2) is 67.0 Å². The molecule has 2 aromatic carbocycles. The molecular formula is C26H25N3O2. The Balaban J connectivity index is 1.76. The van der Waals surface area contributed by atoms with Crippen molar-refractivity contribution in [2.75, 3.05) is 7.11 Å². The van der Waals surface area contributed by atoms with E-state index in [1.807, 2.05) is 68.4 Å². The van der Waals surface area contributed by atoms with E-state index in [1.54, 1.807) is 19.5 Å². The number of hydrogen-bond donors (Lipinski definition) is 1. The second-order valence-corrected chi connectivity index (χ2v) is 7.67. The number of hydrogen-bond acceptors (Lipinski definition) is 4. The van der Waals surface area contributed by atoms with Gasteiger partial charge < -0.3 is 10.1 Å². The van der Waals surface area contributed by atoms with Crippen molar-refractivity contribution in [3.8, 4) is 17.0 Å². The number of pyridine rings is 2. The van der Waals surface area contributed by atoms with Crippen LogP contribution in [-0.2, 0) is 0 Å². The summed E-state index contributed by atoms with van der Waals surface area (Å²) in [7, 11) is 1.64. The minimum Gasteiger partial charge on any atom is -0.497 e. The van der Waals surface area contributed by atoms with Gasteiger partial charge in [-0.15, -0.1) is 0 Å². The second-order valence-electron chi connectivity index (χ2n) is 7.67. The average molecular weight is 412 g/mol. The summed E-state index contributed by atoms with van der Waals surface area (Å²) in [6.07, 6.45) is 3.49. The Hall–Kier alpha value is -3.73. The normalized spacial score (nSPS) is 11.9. The number of carbonyl (C=O) groups is 1. The second kappa shape index (κ2) is 8.56. The Labute approximate surface area is 182 Å². The lowest BCUT2D eigenvalue weighted by Crippen LogP contribution is -2.27. The monoisotopic (exact) mass is 411 g/mol. The number of nitrogens with zero attached hydrogens (tertiary/aromatic N) is 2. The fourth-order valence-electron chi connectivity index (χ4n) is 3.63. The fraction of sp³-hybridized carbons (Fsp3) is 0.192. The zero-order chi connectivity index (χ0) is 22.0. The first-order valence-electron chi connectivity index (χ1n) is 10.2. The number of ether oxygens (including phenoxy) is 1. The number of amides is 1. The van der Waals surface area contributed by atoms with Crippen LogP contribution in [0.1, 0.15) is 40.0 Å². The molecule has 0 aliphatic carbocycles. The van der Waals surface area contributed by atoms with Crippen molar-refractivity contribution in [2.24, 2.45) is 0 Å². The van der Waals surface area contributed by atoms with Crippen LogP contribution in [0.2, 0.25) is 0 Å². The van der Waals surface area contributed by atoms with Gasteiger partial charge in [0.05, 0.1) is 29.9 Å². The highest BCUT2D eigenvalue weighted by Crippen LogP contribution is 2.28. The highest BCUT2D eigenvalue weighted by molar-refractivity contribution is 6.08. The van der Waals surface area contributed by atoms with E-state index in [4.69, 9.17) is 9.72 Å². The molecule has 156 valence electrons. The standard InChI is InChI=1S/C26H25N3O2/c1-16-7-12-22-23(26(30)28-18(3)19-8-10-21(31-4)11-9-19)14-24(29-25(22)17(16)2)20-6-5-13-27-15-20/h5-15,18H,1-4H3,(H,28,30)/t18-/m0/s1. The summed E-state index contributed by atoms with van der Waals surface area (Å²) in [5.41, 5.74) is 6.27. The Morgan fingerprint density at radius 1 is 1.06 bits per heavy atom. The van der Waals surface area contributed by atoms with Crippen LogP contribution < -0.4 is 10.1 Å². The topological polar surface area (TPSA) is 64.1 Å². The van der Waals surface area contributed by atoms with Gasteiger partial charge in [0.2, 0.25) is 0 Å². The molecule has 4 rings (SSSR count). The highest BCUT2D eigenvalue weighted by Gasteiger charge is 2.18. The van der Waals surface area contributed by atoms with Gasteiger partial charge in [-0.2, -0.15) is 0 Å². The van der Waals surface area contributed by atoms with E-state index in [0.717, 1.165) is 44.6 Å². The van der Waals surface area contributed by atoms with Crippen molar-refractivity contribution in [3.63, 3.8) is 0 Å². The van der Waals surface area contributed by atoms with Crippen molar-refractivity contribution in [3.05, 3.63) is 89.2 Å². The molecule has 5 nitrogen and oxygen atoms in total. The maximum atomic E-state index is 13.4. The van der Waals surface area contributed by atoms with Gasteiger partial charge >= 0.3 is 0 Å². The number of methoxy groups -OCH3 is 1. The highest BCUT2D eigenvalue weighted by atomic mass is 16.5. The van der Waals surface area contributed by atoms with Crippen LogP contribution in [-0.4, -0.2) is 23.0 Å². The SMILES string of the molecule is COc1ccc([C@H](C)NC(=O)c2cc(-c3cccnc3)nc3c(C)c(C)ccc23)cc1. The molecule has 1 atom stereocenters. The molecule has 0 saturated heterocycles. The van der Waals surface area contributed by atoms with Gasteiger partial charge in [0.15, 0.2) is 0 Å². The maximum absolute atomic E-state index is 13.4. The molecule has 0 spiro atoms. The fourth-order valence-corrected chi connectivity index (χ4v) is 3.63. The number of aromatic nitrogens is 2. The van der Waals surface area contributed by atoms with Crippen molar-refractivity contribution in [2.45, 2.75) is 26.8 Å². The predicted molar refractivity (Wildman–Crippen MR) is 123 cm³/mol. The first-order valence-corrected chi connectivity index (χ1v) is 10.2. The predicted octanol–water partition coefficient (Wildman–Crippen LogP) is 5.41. The summed E-state index contributed by atoms with van der Waals surface area (Å²) in [6.45, 7) is 6.07. The smallest absolute Gasteiger partial charge is 0.252 e. The molecule has 0 radical (unpaired) electrons. The summed E-state index contributed by atoms with van der Waals surface area (Å²) in [6, 6.07) is 17.2. The van der Waals surface area contributed by atoms with Crippen molar-refractivity contribution in [1.82, 2.24) is 15.3 Å². The Morgan fingerprint density at radius 2 is 1.84 bits per heavy atom. The third-order valence-corrected chi connectivity index (χ3v) is 5.67. The van der Waals surface area contributed by atoms with Crippen LogP contribution in [0.25, 0.3) is 22.2 Å². The summed E-state index contributed by atoms with van der Waals surface area (Å²) >= 11 is 0. The number of fused-ring (bicyclic) bond motifs is 1. The molecule has 2 heterocycles.